The van der Waals surface area contributed by atoms with Gasteiger partial charge in [-0.25, -0.2) is 9.97 Å². The fourth-order valence-electron chi connectivity index (χ4n) is 1.47. The first-order valence-electron chi connectivity index (χ1n) is 5.38. The van der Waals surface area contributed by atoms with Crippen LogP contribution < -0.4 is 5.32 Å². The monoisotopic (exact) mass is 236 g/mol. The van der Waals surface area contributed by atoms with Crippen LogP contribution in [-0.4, -0.2) is 14.5 Å². The Balaban J connectivity index is 1.82. The van der Waals surface area contributed by atoms with Gasteiger partial charge in [-0.1, -0.05) is 6.92 Å². The highest BCUT2D eigenvalue weighted by molar-refractivity contribution is 7.09. The van der Waals surface area contributed by atoms with Crippen molar-refractivity contribution < 1.29 is 0 Å². The molecule has 0 saturated heterocycles. The maximum Gasteiger partial charge on any atom is 0.0945 e. The Labute approximate surface area is 99.4 Å². The van der Waals surface area contributed by atoms with Crippen molar-refractivity contribution in [2.75, 3.05) is 0 Å². The smallest absolute Gasteiger partial charge is 0.0945 e. The molecule has 1 N–H and O–H groups in total. The molecule has 5 heteroatoms. The molecule has 0 aliphatic heterocycles. The van der Waals surface area contributed by atoms with Gasteiger partial charge in [-0.2, -0.15) is 0 Å². The molecular weight excluding hydrogens is 220 g/mol. The van der Waals surface area contributed by atoms with Crippen LogP contribution in [0, 0.1) is 0 Å². The predicted octanol–water partition coefficient (Wildman–Crippen LogP) is 1.73. The maximum absolute atomic E-state index is 4.50. The number of thiazole rings is 1. The summed E-state index contributed by atoms with van der Waals surface area (Å²) in [5.41, 5.74) is 2.31. The first-order valence-corrected chi connectivity index (χ1v) is 6.26. The van der Waals surface area contributed by atoms with Crippen LogP contribution in [0.3, 0.4) is 0 Å². The predicted molar refractivity (Wildman–Crippen MR) is 65.2 cm³/mol. The highest BCUT2D eigenvalue weighted by Crippen LogP contribution is 2.09. The summed E-state index contributed by atoms with van der Waals surface area (Å²) < 4.78 is 2.02. The van der Waals surface area contributed by atoms with E-state index < -0.39 is 0 Å². The third-order valence-corrected chi connectivity index (χ3v) is 3.47. The van der Waals surface area contributed by atoms with Gasteiger partial charge in [0.2, 0.25) is 0 Å². The van der Waals surface area contributed by atoms with E-state index in [0.29, 0.717) is 0 Å². The summed E-state index contributed by atoms with van der Waals surface area (Å²) in [7, 11) is 2.00. The van der Waals surface area contributed by atoms with Gasteiger partial charge >= 0.3 is 0 Å². The molecule has 0 atom stereocenters. The van der Waals surface area contributed by atoms with E-state index in [-0.39, 0.29) is 0 Å². The molecule has 0 amide bonds. The number of imidazole rings is 1. The molecule has 0 aromatic carbocycles. The van der Waals surface area contributed by atoms with Crippen molar-refractivity contribution in [2.45, 2.75) is 26.4 Å². The van der Waals surface area contributed by atoms with Gasteiger partial charge in [0.25, 0.3) is 0 Å². The molecule has 0 aliphatic carbocycles. The van der Waals surface area contributed by atoms with Crippen LogP contribution in [0.1, 0.15) is 23.3 Å². The Morgan fingerprint density at radius 1 is 1.44 bits per heavy atom. The number of rotatable bonds is 5. The van der Waals surface area contributed by atoms with E-state index in [0.717, 1.165) is 25.2 Å². The third-order valence-electron chi connectivity index (χ3n) is 2.43. The van der Waals surface area contributed by atoms with E-state index in [9.17, 15) is 0 Å². The molecule has 0 bridgehead atoms. The summed E-state index contributed by atoms with van der Waals surface area (Å²) in [6, 6.07) is 0. The lowest BCUT2D eigenvalue weighted by Gasteiger charge is -2.03. The molecule has 86 valence electrons. The second kappa shape index (κ2) is 5.23. The number of hydrogen-bond acceptors (Lipinski definition) is 4. The molecule has 0 spiro atoms. The van der Waals surface area contributed by atoms with Gasteiger partial charge in [0, 0.05) is 31.7 Å². The standard InChI is InChI=1S/C11H16N4S/c1-3-11-14-9(7-16-11)4-12-5-10-6-13-8-15(10)2/h6-8,12H,3-5H2,1-2H3. The summed E-state index contributed by atoms with van der Waals surface area (Å²) in [5.74, 6) is 0. The van der Waals surface area contributed by atoms with Gasteiger partial charge in [0.05, 0.1) is 22.7 Å². The number of nitrogens with one attached hydrogen (secondary N) is 1. The third kappa shape index (κ3) is 2.68. The zero-order valence-corrected chi connectivity index (χ0v) is 10.4. The van der Waals surface area contributed by atoms with Crippen LogP contribution in [0.4, 0.5) is 0 Å². The van der Waals surface area contributed by atoms with Gasteiger partial charge in [-0.05, 0) is 6.42 Å². The first kappa shape index (κ1) is 11.3. The Morgan fingerprint density at radius 2 is 2.31 bits per heavy atom. The average Bonchev–Trinajstić information content (AvgIpc) is 2.89. The molecule has 16 heavy (non-hydrogen) atoms. The fourth-order valence-corrected chi connectivity index (χ4v) is 2.21. The van der Waals surface area contributed by atoms with E-state index >= 15 is 0 Å². The normalized spacial score (nSPS) is 10.9. The zero-order valence-electron chi connectivity index (χ0n) is 9.60. The van der Waals surface area contributed by atoms with Gasteiger partial charge in [0.1, 0.15) is 0 Å². The van der Waals surface area contributed by atoms with E-state index in [1.54, 1.807) is 11.3 Å². The van der Waals surface area contributed by atoms with E-state index in [2.05, 4.69) is 27.6 Å². The molecule has 2 rings (SSSR count). The van der Waals surface area contributed by atoms with E-state index in [1.165, 1.54) is 10.7 Å². The summed E-state index contributed by atoms with van der Waals surface area (Å²) >= 11 is 1.73. The molecule has 2 aromatic rings. The minimum absolute atomic E-state index is 0.821. The van der Waals surface area contributed by atoms with Crippen LogP contribution >= 0.6 is 11.3 Å². The van der Waals surface area contributed by atoms with Crippen LogP contribution in [0.25, 0.3) is 0 Å². The minimum atomic E-state index is 0.821. The second-order valence-corrected chi connectivity index (χ2v) is 4.63. The second-order valence-electron chi connectivity index (χ2n) is 3.69. The summed E-state index contributed by atoms with van der Waals surface area (Å²) in [6.45, 7) is 3.78. The molecule has 2 aromatic heterocycles. The molecule has 0 radical (unpaired) electrons. The van der Waals surface area contributed by atoms with Gasteiger partial charge in [0.15, 0.2) is 0 Å². The lowest BCUT2D eigenvalue weighted by atomic mass is 10.4. The van der Waals surface area contributed by atoms with Crippen molar-refractivity contribution in [2.24, 2.45) is 7.05 Å². The number of nitrogens with zero attached hydrogens (tertiary/aromatic N) is 3. The van der Waals surface area contributed by atoms with Crippen LogP contribution in [-0.2, 0) is 26.6 Å². The Morgan fingerprint density at radius 3 is 2.94 bits per heavy atom. The molecule has 4 nitrogen and oxygen atoms in total. The van der Waals surface area contributed by atoms with Crippen LogP contribution in [0.2, 0.25) is 0 Å². The number of aryl methyl sites for hydroxylation is 2. The molecular formula is C11H16N4S. The SMILES string of the molecule is CCc1nc(CNCc2cncn2C)cs1. The molecule has 0 fully saturated rings. The van der Waals surface area contributed by atoms with Crippen molar-refractivity contribution in [3.8, 4) is 0 Å². The Kier molecular flexibility index (Phi) is 3.69. The Bertz CT molecular complexity index is 446. The average molecular weight is 236 g/mol. The Hall–Kier alpha value is -1.20. The van der Waals surface area contributed by atoms with Gasteiger partial charge in [-0.3, -0.25) is 0 Å². The maximum atomic E-state index is 4.50. The molecule has 0 unspecified atom stereocenters. The minimum Gasteiger partial charge on any atom is -0.337 e. The molecule has 0 saturated carbocycles. The number of hydrogen-bond donors (Lipinski definition) is 1. The highest BCUT2D eigenvalue weighted by atomic mass is 32.1. The summed E-state index contributed by atoms with van der Waals surface area (Å²) in [4.78, 5) is 8.58. The van der Waals surface area contributed by atoms with Crippen LogP contribution in [0.5, 0.6) is 0 Å². The highest BCUT2D eigenvalue weighted by Gasteiger charge is 2.01. The number of aromatic nitrogens is 3. The lowest BCUT2D eigenvalue weighted by molar-refractivity contribution is 0.646. The fraction of sp³-hybridized carbons (Fsp3) is 0.455. The van der Waals surface area contributed by atoms with Crippen LogP contribution in [0.15, 0.2) is 17.9 Å². The van der Waals surface area contributed by atoms with E-state index in [1.807, 2.05) is 24.1 Å². The summed E-state index contributed by atoms with van der Waals surface area (Å²) in [5, 5.41) is 6.69. The van der Waals surface area contributed by atoms with Gasteiger partial charge < -0.3 is 9.88 Å². The first-order chi connectivity index (χ1) is 7.79. The van der Waals surface area contributed by atoms with Gasteiger partial charge in [-0.15, -0.1) is 11.3 Å². The van der Waals surface area contributed by atoms with Crippen molar-refractivity contribution in [3.63, 3.8) is 0 Å². The topological polar surface area (TPSA) is 42.7 Å². The largest absolute Gasteiger partial charge is 0.337 e. The lowest BCUT2D eigenvalue weighted by Crippen LogP contribution is -2.14. The zero-order chi connectivity index (χ0) is 11.4. The van der Waals surface area contributed by atoms with Crippen molar-refractivity contribution in [3.05, 3.63) is 34.3 Å². The van der Waals surface area contributed by atoms with E-state index in [4.69, 9.17) is 0 Å². The summed E-state index contributed by atoms with van der Waals surface area (Å²) in [6.07, 6.45) is 4.72. The molecule has 2 heterocycles. The molecule has 0 aliphatic rings. The van der Waals surface area contributed by atoms with Crippen molar-refractivity contribution in [1.29, 1.82) is 0 Å². The quantitative estimate of drug-likeness (QED) is 0.859. The van der Waals surface area contributed by atoms with Crippen molar-refractivity contribution >= 4 is 11.3 Å². The van der Waals surface area contributed by atoms with Crippen molar-refractivity contribution in [1.82, 2.24) is 19.9 Å².